The van der Waals surface area contributed by atoms with Crippen LogP contribution in [0.5, 0.6) is 0 Å². The van der Waals surface area contributed by atoms with Crippen molar-refractivity contribution in [3.8, 4) is 11.3 Å². The molecule has 0 spiro atoms. The number of hydrogen-bond donors (Lipinski definition) is 3. The number of aromatic nitrogens is 2. The van der Waals surface area contributed by atoms with Crippen LogP contribution in [-0.2, 0) is 6.54 Å². The highest BCUT2D eigenvalue weighted by Gasteiger charge is 2.41. The Morgan fingerprint density at radius 3 is 2.33 bits per heavy atom. The fourth-order valence-electron chi connectivity index (χ4n) is 4.25. The second kappa shape index (κ2) is 9.59. The Kier molecular flexibility index (Phi) is 6.17. The van der Waals surface area contributed by atoms with Gasteiger partial charge in [0.05, 0.1) is 22.9 Å². The molecule has 10 heteroatoms. The van der Waals surface area contributed by atoms with Crippen LogP contribution in [0.3, 0.4) is 0 Å². The molecule has 3 N–H and O–H groups in total. The first-order valence-electron chi connectivity index (χ1n) is 11.0. The number of carboxylic acid groups (broad SMARTS) is 2. The first-order valence-corrected chi connectivity index (χ1v) is 11.4. The van der Waals surface area contributed by atoms with Gasteiger partial charge in [0.15, 0.2) is 5.11 Å². The van der Waals surface area contributed by atoms with Gasteiger partial charge in [-0.1, -0.05) is 6.07 Å². The molecule has 180 valence electrons. The molecule has 2 atom stereocenters. The summed E-state index contributed by atoms with van der Waals surface area (Å²) in [5.74, 6) is -1.54. The van der Waals surface area contributed by atoms with Crippen LogP contribution in [0.25, 0.3) is 11.3 Å². The van der Waals surface area contributed by atoms with Gasteiger partial charge in [-0.3, -0.25) is 9.97 Å². The number of nitrogens with zero attached hydrogens (tertiary/aromatic N) is 3. The number of nitrogens with one attached hydrogen (secondary N) is 1. The van der Waals surface area contributed by atoms with E-state index in [0.29, 0.717) is 28.7 Å². The SMILES string of the molecule is O=C(O)c1cc(C(=O)O)cc(-c2ccc([C@H]3[C@@H](c4ccccn4)NC(=S)N3Cc3ccncc3)o2)c1. The number of rotatable bonds is 7. The summed E-state index contributed by atoms with van der Waals surface area (Å²) in [6.45, 7) is 0.496. The molecule has 4 heterocycles. The summed E-state index contributed by atoms with van der Waals surface area (Å²) in [5.41, 5.74) is 1.85. The van der Waals surface area contributed by atoms with Gasteiger partial charge in [-0.25, -0.2) is 9.59 Å². The lowest BCUT2D eigenvalue weighted by molar-refractivity contribution is 0.0696. The Morgan fingerprint density at radius 2 is 1.69 bits per heavy atom. The maximum absolute atomic E-state index is 11.6. The minimum absolute atomic E-state index is 0.141. The molecule has 9 nitrogen and oxygen atoms in total. The van der Waals surface area contributed by atoms with Crippen LogP contribution < -0.4 is 5.32 Å². The predicted molar refractivity (Wildman–Crippen MR) is 133 cm³/mol. The molecule has 5 rings (SSSR count). The third kappa shape index (κ3) is 4.53. The van der Waals surface area contributed by atoms with Crippen molar-refractivity contribution in [2.45, 2.75) is 18.6 Å². The second-order valence-corrected chi connectivity index (χ2v) is 8.61. The van der Waals surface area contributed by atoms with Crippen molar-refractivity contribution in [2.24, 2.45) is 0 Å². The lowest BCUT2D eigenvalue weighted by Gasteiger charge is -2.26. The summed E-state index contributed by atoms with van der Waals surface area (Å²) >= 11 is 5.68. The number of hydrogen-bond acceptors (Lipinski definition) is 6. The van der Waals surface area contributed by atoms with E-state index in [1.54, 1.807) is 30.7 Å². The number of pyridine rings is 2. The number of carboxylic acids is 2. The van der Waals surface area contributed by atoms with E-state index in [2.05, 4.69) is 15.3 Å². The van der Waals surface area contributed by atoms with Crippen LogP contribution in [0.2, 0.25) is 0 Å². The van der Waals surface area contributed by atoms with E-state index in [0.717, 1.165) is 17.3 Å². The third-order valence-electron chi connectivity index (χ3n) is 5.93. The van der Waals surface area contributed by atoms with E-state index in [-0.39, 0.29) is 23.2 Å². The Balaban J connectivity index is 1.56. The van der Waals surface area contributed by atoms with E-state index in [4.69, 9.17) is 16.6 Å². The van der Waals surface area contributed by atoms with E-state index in [1.165, 1.54) is 12.1 Å². The van der Waals surface area contributed by atoms with Crippen LogP contribution in [0, 0.1) is 0 Å². The molecular weight excluding hydrogens is 480 g/mol. The summed E-state index contributed by atoms with van der Waals surface area (Å²) in [4.78, 5) is 33.7. The predicted octanol–water partition coefficient (Wildman–Crippen LogP) is 4.31. The van der Waals surface area contributed by atoms with Crippen molar-refractivity contribution in [2.75, 3.05) is 0 Å². The Hall–Kier alpha value is -4.57. The van der Waals surface area contributed by atoms with E-state index < -0.39 is 11.9 Å². The van der Waals surface area contributed by atoms with Gasteiger partial charge in [0, 0.05) is 30.7 Å². The van der Waals surface area contributed by atoms with Crippen molar-refractivity contribution in [3.63, 3.8) is 0 Å². The fourth-order valence-corrected chi connectivity index (χ4v) is 4.56. The molecule has 1 fully saturated rings. The van der Waals surface area contributed by atoms with Gasteiger partial charge in [-0.05, 0) is 72.4 Å². The quantitative estimate of drug-likeness (QED) is 0.316. The van der Waals surface area contributed by atoms with Crippen molar-refractivity contribution >= 4 is 29.3 Å². The Labute approximate surface area is 211 Å². The number of benzene rings is 1. The normalized spacial score (nSPS) is 17.1. The molecule has 1 aromatic carbocycles. The number of aromatic carboxylic acids is 2. The van der Waals surface area contributed by atoms with Gasteiger partial charge in [0.25, 0.3) is 0 Å². The molecular formula is C26H20N4O5S. The summed E-state index contributed by atoms with van der Waals surface area (Å²) in [5, 5.41) is 22.8. The summed E-state index contributed by atoms with van der Waals surface area (Å²) < 4.78 is 6.22. The minimum atomic E-state index is -1.23. The average Bonchev–Trinajstić information content (AvgIpc) is 3.50. The Morgan fingerprint density at radius 1 is 0.972 bits per heavy atom. The smallest absolute Gasteiger partial charge is 0.335 e. The number of carbonyl (C=O) groups is 2. The first kappa shape index (κ1) is 23.2. The fraction of sp³-hybridized carbons (Fsp3) is 0.115. The highest BCUT2D eigenvalue weighted by molar-refractivity contribution is 7.80. The molecule has 0 saturated carbocycles. The van der Waals surface area contributed by atoms with Gasteiger partial charge >= 0.3 is 11.9 Å². The molecule has 0 radical (unpaired) electrons. The monoisotopic (exact) mass is 500 g/mol. The number of furan rings is 1. The molecule has 1 saturated heterocycles. The van der Waals surface area contributed by atoms with Gasteiger partial charge in [-0.15, -0.1) is 0 Å². The zero-order valence-electron chi connectivity index (χ0n) is 18.7. The highest BCUT2D eigenvalue weighted by Crippen LogP contribution is 2.41. The lowest BCUT2D eigenvalue weighted by Crippen LogP contribution is -2.29. The maximum Gasteiger partial charge on any atom is 0.335 e. The molecule has 0 unspecified atom stereocenters. The van der Waals surface area contributed by atoms with E-state index >= 15 is 0 Å². The summed E-state index contributed by atoms with van der Waals surface area (Å²) in [7, 11) is 0. The minimum Gasteiger partial charge on any atom is -0.478 e. The molecule has 1 aliphatic heterocycles. The van der Waals surface area contributed by atoms with Crippen molar-refractivity contribution in [3.05, 3.63) is 107 Å². The van der Waals surface area contributed by atoms with Crippen LogP contribution in [-0.4, -0.2) is 42.1 Å². The maximum atomic E-state index is 11.6. The molecule has 0 amide bonds. The second-order valence-electron chi connectivity index (χ2n) is 8.22. The third-order valence-corrected chi connectivity index (χ3v) is 6.28. The summed E-state index contributed by atoms with van der Waals surface area (Å²) in [6, 6.07) is 16.2. The molecule has 3 aromatic heterocycles. The van der Waals surface area contributed by atoms with Gasteiger partial charge in [0.1, 0.15) is 17.6 Å². The van der Waals surface area contributed by atoms with Crippen molar-refractivity contribution in [1.29, 1.82) is 0 Å². The molecule has 0 aliphatic carbocycles. The van der Waals surface area contributed by atoms with Crippen molar-refractivity contribution in [1.82, 2.24) is 20.2 Å². The lowest BCUT2D eigenvalue weighted by atomic mass is 10.0. The zero-order chi connectivity index (χ0) is 25.2. The van der Waals surface area contributed by atoms with Gasteiger partial charge < -0.3 is 24.8 Å². The van der Waals surface area contributed by atoms with Crippen LogP contribution in [0.4, 0.5) is 0 Å². The standard InChI is InChI=1S/C26H20N4O5S/c31-24(32)17-11-16(12-18(13-17)25(33)34)20-4-5-21(35-20)23-22(19-3-1-2-8-28-19)29-26(36)30(23)14-15-6-9-27-10-7-15/h1-13,22-23H,14H2,(H,29,36)(H,31,32)(H,33,34)/t22-,23+/m1/s1. The van der Waals surface area contributed by atoms with E-state index in [9.17, 15) is 19.8 Å². The molecule has 0 bridgehead atoms. The van der Waals surface area contributed by atoms with Crippen LogP contribution in [0.15, 0.2) is 83.7 Å². The largest absolute Gasteiger partial charge is 0.478 e. The molecule has 1 aliphatic rings. The van der Waals surface area contributed by atoms with Crippen LogP contribution >= 0.6 is 12.2 Å². The van der Waals surface area contributed by atoms with Gasteiger partial charge in [-0.2, -0.15) is 0 Å². The first-order chi connectivity index (χ1) is 17.4. The van der Waals surface area contributed by atoms with E-state index in [1.807, 2.05) is 35.2 Å². The molecule has 4 aromatic rings. The van der Waals surface area contributed by atoms with Gasteiger partial charge in [0.2, 0.25) is 0 Å². The Bertz CT molecular complexity index is 1410. The number of thiocarbonyl (C=S) groups is 1. The van der Waals surface area contributed by atoms with Crippen LogP contribution in [0.1, 0.15) is 49.8 Å². The molecule has 36 heavy (non-hydrogen) atoms. The summed E-state index contributed by atoms with van der Waals surface area (Å²) in [6.07, 6.45) is 5.14. The van der Waals surface area contributed by atoms with Crippen molar-refractivity contribution < 1.29 is 24.2 Å². The zero-order valence-corrected chi connectivity index (χ0v) is 19.6. The highest BCUT2D eigenvalue weighted by atomic mass is 32.1. The topological polar surface area (TPSA) is 129 Å². The average molecular weight is 501 g/mol.